The average Bonchev–Trinajstić information content (AvgIpc) is 2.71. The van der Waals surface area contributed by atoms with Crippen molar-refractivity contribution in [2.24, 2.45) is 5.92 Å². The molecule has 0 radical (unpaired) electrons. The third kappa shape index (κ3) is 6.06. The zero-order valence-corrected chi connectivity index (χ0v) is 19.0. The van der Waals surface area contributed by atoms with E-state index < -0.39 is 34.4 Å². The molecule has 0 aromatic heterocycles. The maximum Gasteiger partial charge on any atom is 0.310 e. The summed E-state index contributed by atoms with van der Waals surface area (Å²) in [5.41, 5.74) is 2.66. The number of aryl methyl sites for hydroxylation is 2. The first-order chi connectivity index (χ1) is 14.6. The van der Waals surface area contributed by atoms with E-state index >= 15 is 0 Å². The number of sulfonamides is 1. The van der Waals surface area contributed by atoms with Gasteiger partial charge in [0.05, 0.1) is 10.8 Å². The molecule has 0 aliphatic carbocycles. The van der Waals surface area contributed by atoms with Crippen LogP contribution in [0.1, 0.15) is 24.0 Å². The number of rotatable bonds is 6. The number of ether oxygens (including phenoxy) is 1. The minimum Gasteiger partial charge on any atom is -0.455 e. The van der Waals surface area contributed by atoms with E-state index in [1.165, 1.54) is 28.6 Å². The van der Waals surface area contributed by atoms with Gasteiger partial charge in [-0.3, -0.25) is 9.59 Å². The van der Waals surface area contributed by atoms with Crippen molar-refractivity contribution in [2.45, 2.75) is 31.6 Å². The Morgan fingerprint density at radius 1 is 1.13 bits per heavy atom. The number of amides is 1. The molecule has 1 unspecified atom stereocenters. The topological polar surface area (TPSA) is 92.8 Å². The monoisotopic (exact) mass is 464 g/mol. The van der Waals surface area contributed by atoms with Gasteiger partial charge < -0.3 is 10.1 Å². The molecule has 1 N–H and O–H groups in total. The van der Waals surface area contributed by atoms with Crippen molar-refractivity contribution in [3.63, 3.8) is 0 Å². The molecule has 166 valence electrons. The summed E-state index contributed by atoms with van der Waals surface area (Å²) in [5.74, 6) is -1.64. The highest BCUT2D eigenvalue weighted by Gasteiger charge is 2.34. The summed E-state index contributed by atoms with van der Waals surface area (Å²) in [7, 11) is -3.74. The van der Waals surface area contributed by atoms with Gasteiger partial charge in [0.25, 0.3) is 5.91 Å². The molecule has 0 spiro atoms. The lowest BCUT2D eigenvalue weighted by Gasteiger charge is -2.30. The van der Waals surface area contributed by atoms with Crippen LogP contribution in [-0.2, 0) is 24.3 Å². The third-order valence-corrected chi connectivity index (χ3v) is 7.15. The summed E-state index contributed by atoms with van der Waals surface area (Å²) in [5, 5.41) is 3.15. The largest absolute Gasteiger partial charge is 0.455 e. The van der Waals surface area contributed by atoms with Crippen LogP contribution in [0.3, 0.4) is 0 Å². The quantitative estimate of drug-likeness (QED) is 0.660. The lowest BCUT2D eigenvalue weighted by Crippen LogP contribution is -2.43. The second kappa shape index (κ2) is 9.80. The second-order valence-electron chi connectivity index (χ2n) is 7.69. The van der Waals surface area contributed by atoms with Crippen molar-refractivity contribution in [3.05, 3.63) is 58.6 Å². The van der Waals surface area contributed by atoms with Crippen molar-refractivity contribution < 1.29 is 22.7 Å². The zero-order valence-electron chi connectivity index (χ0n) is 17.4. The number of piperidine rings is 1. The molecule has 3 rings (SSSR count). The third-order valence-electron chi connectivity index (χ3n) is 5.02. The molecule has 1 atom stereocenters. The molecular formula is C22H25ClN2O5S. The summed E-state index contributed by atoms with van der Waals surface area (Å²) < 4.78 is 32.2. The van der Waals surface area contributed by atoms with Gasteiger partial charge in [-0.15, -0.1) is 0 Å². The fraction of sp³-hybridized carbons (Fsp3) is 0.364. The van der Waals surface area contributed by atoms with Gasteiger partial charge >= 0.3 is 5.97 Å². The van der Waals surface area contributed by atoms with E-state index in [9.17, 15) is 18.0 Å². The van der Waals surface area contributed by atoms with Gasteiger partial charge in [0, 0.05) is 23.8 Å². The van der Waals surface area contributed by atoms with Gasteiger partial charge in [-0.25, -0.2) is 8.42 Å². The van der Waals surface area contributed by atoms with E-state index in [1.807, 2.05) is 32.0 Å². The van der Waals surface area contributed by atoms with Gasteiger partial charge in [-0.2, -0.15) is 4.31 Å². The van der Waals surface area contributed by atoms with Gasteiger partial charge in [0.15, 0.2) is 6.61 Å². The predicted molar refractivity (Wildman–Crippen MR) is 118 cm³/mol. The van der Waals surface area contributed by atoms with Crippen molar-refractivity contribution in [3.8, 4) is 0 Å². The number of esters is 1. The molecular weight excluding hydrogens is 440 g/mol. The Labute approximate surface area is 187 Å². The number of anilines is 1. The van der Waals surface area contributed by atoms with Gasteiger partial charge in [-0.05, 0) is 74.2 Å². The molecule has 1 saturated heterocycles. The highest BCUT2D eigenvalue weighted by Crippen LogP contribution is 2.25. The van der Waals surface area contributed by atoms with Crippen LogP contribution >= 0.6 is 11.6 Å². The number of halogens is 1. The SMILES string of the molecule is Cc1cc(C)cc(NC(=O)COC(=O)C2CCCN(S(=O)(=O)c3ccc(Cl)cc3)C2)c1. The molecule has 1 amide bonds. The van der Waals surface area contributed by atoms with E-state index in [2.05, 4.69) is 5.32 Å². The minimum absolute atomic E-state index is 0.0164. The van der Waals surface area contributed by atoms with Crippen LogP contribution in [0.4, 0.5) is 5.69 Å². The van der Waals surface area contributed by atoms with E-state index in [1.54, 1.807) is 0 Å². The highest BCUT2D eigenvalue weighted by molar-refractivity contribution is 7.89. The molecule has 2 aromatic rings. The van der Waals surface area contributed by atoms with E-state index in [0.29, 0.717) is 30.1 Å². The lowest BCUT2D eigenvalue weighted by atomic mass is 10.00. The first-order valence-electron chi connectivity index (χ1n) is 9.95. The number of carbonyl (C=O) groups is 2. The van der Waals surface area contributed by atoms with Crippen molar-refractivity contribution in [1.82, 2.24) is 4.31 Å². The molecule has 7 nitrogen and oxygen atoms in total. The Morgan fingerprint density at radius 3 is 2.42 bits per heavy atom. The van der Waals surface area contributed by atoms with Crippen molar-refractivity contribution in [1.29, 1.82) is 0 Å². The zero-order chi connectivity index (χ0) is 22.6. The molecule has 1 aliphatic heterocycles. The van der Waals surface area contributed by atoms with Gasteiger partial charge in [0.1, 0.15) is 0 Å². The molecule has 1 aliphatic rings. The van der Waals surface area contributed by atoms with Crippen LogP contribution in [0.15, 0.2) is 47.4 Å². The Hall–Kier alpha value is -2.42. The number of benzene rings is 2. The molecule has 0 bridgehead atoms. The van der Waals surface area contributed by atoms with Crippen LogP contribution in [0.25, 0.3) is 0 Å². The van der Waals surface area contributed by atoms with E-state index in [0.717, 1.165) is 11.1 Å². The normalized spacial score (nSPS) is 17.2. The van der Waals surface area contributed by atoms with E-state index in [-0.39, 0.29) is 11.4 Å². The Kier molecular flexibility index (Phi) is 7.35. The van der Waals surface area contributed by atoms with Crippen molar-refractivity contribution in [2.75, 3.05) is 25.0 Å². The predicted octanol–water partition coefficient (Wildman–Crippen LogP) is 3.54. The van der Waals surface area contributed by atoms with Crippen LogP contribution in [0, 0.1) is 19.8 Å². The molecule has 1 heterocycles. The number of nitrogens with zero attached hydrogens (tertiary/aromatic N) is 1. The number of hydrogen-bond donors (Lipinski definition) is 1. The second-order valence-corrected chi connectivity index (χ2v) is 10.1. The summed E-state index contributed by atoms with van der Waals surface area (Å²) in [6.07, 6.45) is 1.03. The fourth-order valence-corrected chi connectivity index (χ4v) is 5.26. The molecule has 1 fully saturated rings. The molecule has 0 saturated carbocycles. The van der Waals surface area contributed by atoms with Crippen LogP contribution < -0.4 is 5.32 Å². The first-order valence-corrected chi connectivity index (χ1v) is 11.8. The highest BCUT2D eigenvalue weighted by atomic mass is 35.5. The minimum atomic E-state index is -3.74. The Morgan fingerprint density at radius 2 is 1.77 bits per heavy atom. The summed E-state index contributed by atoms with van der Waals surface area (Å²) >= 11 is 5.84. The standard InChI is InChI=1S/C22H25ClN2O5S/c1-15-10-16(2)12-19(11-15)24-21(26)14-30-22(27)17-4-3-9-25(13-17)31(28,29)20-7-5-18(23)6-8-20/h5-8,10-12,17H,3-4,9,13-14H2,1-2H3,(H,24,26). The Bertz CT molecular complexity index is 1050. The van der Waals surface area contributed by atoms with Crippen LogP contribution in [0.2, 0.25) is 5.02 Å². The fourth-order valence-electron chi connectivity index (χ4n) is 3.61. The summed E-state index contributed by atoms with van der Waals surface area (Å²) in [6, 6.07) is 11.5. The average molecular weight is 465 g/mol. The van der Waals surface area contributed by atoms with Gasteiger partial charge in [-0.1, -0.05) is 17.7 Å². The van der Waals surface area contributed by atoms with E-state index in [4.69, 9.17) is 16.3 Å². The van der Waals surface area contributed by atoms with Crippen LogP contribution in [-0.4, -0.2) is 44.3 Å². The summed E-state index contributed by atoms with van der Waals surface area (Å²) in [6.45, 7) is 3.77. The smallest absolute Gasteiger partial charge is 0.310 e. The maximum absolute atomic E-state index is 12.9. The number of hydrogen-bond acceptors (Lipinski definition) is 5. The molecule has 2 aromatic carbocycles. The lowest BCUT2D eigenvalue weighted by molar-refractivity contribution is -0.152. The Balaban J connectivity index is 1.56. The number of nitrogens with one attached hydrogen (secondary N) is 1. The maximum atomic E-state index is 12.9. The van der Waals surface area contributed by atoms with Crippen LogP contribution in [0.5, 0.6) is 0 Å². The molecule has 31 heavy (non-hydrogen) atoms. The van der Waals surface area contributed by atoms with Gasteiger partial charge in [0.2, 0.25) is 10.0 Å². The molecule has 9 heteroatoms. The first kappa shape index (κ1) is 23.2. The number of carbonyl (C=O) groups excluding carboxylic acids is 2. The summed E-state index contributed by atoms with van der Waals surface area (Å²) in [4.78, 5) is 24.8. The van der Waals surface area contributed by atoms with Crippen molar-refractivity contribution >= 4 is 39.2 Å².